The average Bonchev–Trinajstić information content (AvgIpc) is 3.44. The summed E-state index contributed by atoms with van der Waals surface area (Å²) in [6.45, 7) is 0.203. The zero-order valence-electron chi connectivity index (χ0n) is 16.7. The number of aromatic nitrogens is 5. The molecule has 0 radical (unpaired) electrons. The first kappa shape index (κ1) is 21.1. The molecule has 2 N–H and O–H groups in total. The van der Waals surface area contributed by atoms with Crippen LogP contribution in [0.4, 0.5) is 13.2 Å². The fourth-order valence-corrected chi connectivity index (χ4v) is 2.88. The molecule has 4 aromatic rings. The topological polar surface area (TPSA) is 97.7 Å². The van der Waals surface area contributed by atoms with Crippen LogP contribution in [0.15, 0.2) is 61.2 Å². The first-order valence-electron chi connectivity index (χ1n) is 9.41. The summed E-state index contributed by atoms with van der Waals surface area (Å²) in [5.74, 6) is 0.481. The lowest BCUT2D eigenvalue weighted by Gasteiger charge is -2.12. The number of nitrogens with zero attached hydrogens (tertiary/aromatic N) is 4. The first-order valence-corrected chi connectivity index (χ1v) is 9.41. The predicted octanol–water partition coefficient (Wildman–Crippen LogP) is 3.95. The fraction of sp³-hybridized carbons (Fsp3) is 0.143. The van der Waals surface area contributed by atoms with E-state index in [0.717, 1.165) is 12.1 Å². The number of rotatable bonds is 6. The first-order chi connectivity index (χ1) is 15.3. The van der Waals surface area contributed by atoms with Gasteiger partial charge in [-0.15, -0.1) is 0 Å². The van der Waals surface area contributed by atoms with E-state index >= 15 is 0 Å². The largest absolute Gasteiger partial charge is 0.438 e. The Hall–Kier alpha value is -4.15. The van der Waals surface area contributed by atoms with E-state index in [1.165, 1.54) is 18.3 Å². The Bertz CT molecular complexity index is 1220. The SMILES string of the molecule is Cn1ccc(-c2cc(C(=O)NCc3ncc[nH]3)cnc2Oc2ccc(C(F)(F)F)cc2)n1. The van der Waals surface area contributed by atoms with Gasteiger partial charge in [-0.25, -0.2) is 9.97 Å². The molecule has 0 saturated carbocycles. The van der Waals surface area contributed by atoms with E-state index in [9.17, 15) is 18.0 Å². The lowest BCUT2D eigenvalue weighted by molar-refractivity contribution is -0.137. The van der Waals surface area contributed by atoms with Crippen molar-refractivity contribution in [2.75, 3.05) is 0 Å². The molecule has 0 aliphatic rings. The molecule has 3 aromatic heterocycles. The molecule has 8 nitrogen and oxygen atoms in total. The Labute approximate surface area is 180 Å². The van der Waals surface area contributed by atoms with E-state index in [0.29, 0.717) is 17.1 Å². The van der Waals surface area contributed by atoms with Crippen LogP contribution in [-0.4, -0.2) is 30.6 Å². The molecule has 1 amide bonds. The number of ether oxygens (including phenoxy) is 1. The molecule has 4 rings (SSSR count). The monoisotopic (exact) mass is 442 g/mol. The number of carbonyl (C=O) groups excluding carboxylic acids is 1. The van der Waals surface area contributed by atoms with Gasteiger partial charge in [-0.2, -0.15) is 18.3 Å². The summed E-state index contributed by atoms with van der Waals surface area (Å²) < 4.78 is 45.7. The van der Waals surface area contributed by atoms with Crippen LogP contribution in [0.2, 0.25) is 0 Å². The lowest BCUT2D eigenvalue weighted by atomic mass is 10.1. The van der Waals surface area contributed by atoms with Crippen LogP contribution in [-0.2, 0) is 19.8 Å². The van der Waals surface area contributed by atoms with Gasteiger partial charge in [0.2, 0.25) is 5.88 Å². The molecule has 0 spiro atoms. The van der Waals surface area contributed by atoms with Crippen molar-refractivity contribution >= 4 is 5.91 Å². The maximum absolute atomic E-state index is 12.8. The third kappa shape index (κ3) is 4.77. The zero-order chi connectivity index (χ0) is 22.7. The van der Waals surface area contributed by atoms with Crippen LogP contribution in [0.3, 0.4) is 0 Å². The lowest BCUT2D eigenvalue weighted by Crippen LogP contribution is -2.23. The van der Waals surface area contributed by atoms with Gasteiger partial charge in [-0.3, -0.25) is 9.48 Å². The number of aromatic amines is 1. The highest BCUT2D eigenvalue weighted by molar-refractivity contribution is 5.95. The number of aryl methyl sites for hydroxylation is 1. The average molecular weight is 442 g/mol. The number of hydrogen-bond acceptors (Lipinski definition) is 5. The maximum atomic E-state index is 12.8. The molecule has 1 aromatic carbocycles. The number of hydrogen-bond donors (Lipinski definition) is 2. The van der Waals surface area contributed by atoms with Gasteiger partial charge in [-0.1, -0.05) is 0 Å². The quantitative estimate of drug-likeness (QED) is 0.471. The number of H-pyrrole nitrogens is 1. The highest BCUT2D eigenvalue weighted by atomic mass is 19.4. The van der Waals surface area contributed by atoms with E-state index in [1.54, 1.807) is 42.5 Å². The number of benzene rings is 1. The Balaban J connectivity index is 1.61. The molecule has 0 unspecified atom stereocenters. The number of amides is 1. The van der Waals surface area contributed by atoms with E-state index in [1.807, 2.05) is 0 Å². The van der Waals surface area contributed by atoms with Gasteiger partial charge in [0.25, 0.3) is 5.91 Å². The van der Waals surface area contributed by atoms with E-state index in [2.05, 4.69) is 25.4 Å². The second-order valence-corrected chi connectivity index (χ2v) is 6.79. The molecule has 3 heterocycles. The Morgan fingerprint density at radius 2 is 1.97 bits per heavy atom. The summed E-state index contributed by atoms with van der Waals surface area (Å²) in [4.78, 5) is 23.7. The van der Waals surface area contributed by atoms with Crippen molar-refractivity contribution in [3.63, 3.8) is 0 Å². The third-order valence-electron chi connectivity index (χ3n) is 4.47. The smallest absolute Gasteiger partial charge is 0.416 e. The van der Waals surface area contributed by atoms with Crippen LogP contribution in [0.25, 0.3) is 11.3 Å². The number of halogens is 3. The van der Waals surface area contributed by atoms with Gasteiger partial charge in [0.15, 0.2) is 0 Å². The summed E-state index contributed by atoms with van der Waals surface area (Å²) in [7, 11) is 1.73. The molecule has 0 aliphatic heterocycles. The zero-order valence-corrected chi connectivity index (χ0v) is 16.7. The molecule has 0 fully saturated rings. The minimum absolute atomic E-state index is 0.103. The summed E-state index contributed by atoms with van der Waals surface area (Å²) in [5.41, 5.74) is 0.377. The van der Waals surface area contributed by atoms with Gasteiger partial charge >= 0.3 is 6.18 Å². The van der Waals surface area contributed by atoms with Crippen LogP contribution in [0, 0.1) is 0 Å². The molecule has 32 heavy (non-hydrogen) atoms. The molecule has 0 aliphatic carbocycles. The summed E-state index contributed by atoms with van der Waals surface area (Å²) in [6, 6.07) is 7.53. The van der Waals surface area contributed by atoms with Crippen LogP contribution in [0.1, 0.15) is 21.7 Å². The number of imidazole rings is 1. The molecule has 11 heteroatoms. The van der Waals surface area contributed by atoms with Crippen LogP contribution >= 0.6 is 0 Å². The Morgan fingerprint density at radius 3 is 2.59 bits per heavy atom. The highest BCUT2D eigenvalue weighted by Crippen LogP contribution is 2.34. The minimum Gasteiger partial charge on any atom is -0.438 e. The predicted molar refractivity (Wildman–Crippen MR) is 108 cm³/mol. The van der Waals surface area contributed by atoms with E-state index < -0.39 is 11.7 Å². The summed E-state index contributed by atoms with van der Waals surface area (Å²) in [5, 5.41) is 7.05. The van der Waals surface area contributed by atoms with Gasteiger partial charge in [0.1, 0.15) is 11.6 Å². The molecular weight excluding hydrogens is 425 g/mol. The van der Waals surface area contributed by atoms with Gasteiger partial charge < -0.3 is 15.0 Å². The van der Waals surface area contributed by atoms with Gasteiger partial charge in [-0.05, 0) is 36.4 Å². The molecule has 0 atom stereocenters. The second kappa shape index (κ2) is 8.53. The molecule has 164 valence electrons. The molecule has 0 saturated heterocycles. The second-order valence-electron chi connectivity index (χ2n) is 6.79. The van der Waals surface area contributed by atoms with Crippen molar-refractivity contribution in [2.45, 2.75) is 12.7 Å². The van der Waals surface area contributed by atoms with E-state index in [4.69, 9.17) is 4.74 Å². The van der Waals surface area contributed by atoms with E-state index in [-0.39, 0.29) is 29.6 Å². The standard InChI is InChI=1S/C21H17F3N6O2/c1-30-9-6-17(29-30)16-10-13(19(31)27-12-18-25-7-8-26-18)11-28-20(16)32-15-4-2-14(3-5-15)21(22,23)24/h2-11H,12H2,1H3,(H,25,26)(H,27,31). The molecule has 0 bridgehead atoms. The minimum atomic E-state index is -4.44. The van der Waals surface area contributed by atoms with Crippen molar-refractivity contribution < 1.29 is 22.7 Å². The van der Waals surface area contributed by atoms with Crippen molar-refractivity contribution in [2.24, 2.45) is 7.05 Å². The van der Waals surface area contributed by atoms with Crippen molar-refractivity contribution in [3.8, 4) is 22.9 Å². The van der Waals surface area contributed by atoms with Gasteiger partial charge in [0, 0.05) is 31.8 Å². The summed E-state index contributed by atoms with van der Waals surface area (Å²) in [6.07, 6.45) is 1.82. The summed E-state index contributed by atoms with van der Waals surface area (Å²) >= 11 is 0. The number of alkyl halides is 3. The number of pyridine rings is 1. The van der Waals surface area contributed by atoms with Crippen molar-refractivity contribution in [3.05, 3.63) is 78.1 Å². The molecular formula is C21H17F3N6O2. The fourth-order valence-electron chi connectivity index (χ4n) is 2.88. The van der Waals surface area contributed by atoms with Gasteiger partial charge in [0.05, 0.1) is 28.9 Å². The number of carbonyl (C=O) groups is 1. The third-order valence-corrected chi connectivity index (χ3v) is 4.47. The highest BCUT2D eigenvalue weighted by Gasteiger charge is 2.30. The Kier molecular flexibility index (Phi) is 5.63. The van der Waals surface area contributed by atoms with Crippen molar-refractivity contribution in [1.29, 1.82) is 0 Å². The maximum Gasteiger partial charge on any atom is 0.416 e. The van der Waals surface area contributed by atoms with Crippen molar-refractivity contribution in [1.82, 2.24) is 30.0 Å². The normalized spacial score (nSPS) is 11.4. The van der Waals surface area contributed by atoms with Crippen LogP contribution < -0.4 is 10.1 Å². The Morgan fingerprint density at radius 1 is 1.19 bits per heavy atom. The number of nitrogens with one attached hydrogen (secondary N) is 2. The van der Waals surface area contributed by atoms with Crippen LogP contribution in [0.5, 0.6) is 11.6 Å².